The summed E-state index contributed by atoms with van der Waals surface area (Å²) in [5.74, 6) is 0. The van der Waals surface area contributed by atoms with E-state index in [1.807, 2.05) is 30.5 Å². The first kappa shape index (κ1) is 24.0. The molecule has 35 heavy (non-hydrogen) atoms. The molecule has 0 spiro atoms. The molecular weight excluding hydrogens is 540 g/mol. The van der Waals surface area contributed by atoms with Crippen LogP contribution in [-0.2, 0) is 0 Å². The smallest absolute Gasteiger partial charge is 0.174 e. The van der Waals surface area contributed by atoms with E-state index >= 15 is 0 Å². The molecule has 0 bridgehead atoms. The lowest BCUT2D eigenvalue weighted by molar-refractivity contribution is 0.565. The van der Waals surface area contributed by atoms with Gasteiger partial charge in [-0.1, -0.05) is 39.7 Å². The maximum absolute atomic E-state index is 6.49. The molecule has 0 radical (unpaired) electrons. The third-order valence-corrected chi connectivity index (χ3v) is 8.40. The molecule has 178 valence electrons. The first-order valence-corrected chi connectivity index (χ1v) is 13.1. The Hall–Kier alpha value is -2.67. The molecule has 4 aromatic rings. The van der Waals surface area contributed by atoms with Crippen molar-refractivity contribution < 1.29 is 0 Å². The number of nitrogens with one attached hydrogen (secondary N) is 1. The monoisotopic (exact) mass is 564 g/mol. The van der Waals surface area contributed by atoms with Gasteiger partial charge in [-0.25, -0.2) is 0 Å². The van der Waals surface area contributed by atoms with Crippen molar-refractivity contribution in [1.82, 2.24) is 14.9 Å². The number of nitrogens with zero attached hydrogens (tertiary/aromatic N) is 3. The highest BCUT2D eigenvalue weighted by Crippen LogP contribution is 2.44. The van der Waals surface area contributed by atoms with E-state index in [-0.39, 0.29) is 12.1 Å². The van der Waals surface area contributed by atoms with E-state index in [2.05, 4.69) is 94.8 Å². The van der Waals surface area contributed by atoms with Gasteiger partial charge in [0.05, 0.1) is 17.8 Å². The van der Waals surface area contributed by atoms with E-state index in [0.29, 0.717) is 5.11 Å². The summed E-state index contributed by atoms with van der Waals surface area (Å²) in [7, 11) is 0. The van der Waals surface area contributed by atoms with Crippen LogP contribution in [0.1, 0.15) is 45.9 Å². The molecule has 2 atom stereocenters. The number of hydrogen-bond acceptors (Lipinski definition) is 2. The first-order chi connectivity index (χ1) is 16.8. The fourth-order valence-corrected chi connectivity index (χ4v) is 5.79. The largest absolute Gasteiger partial charge is 0.351 e. The summed E-state index contributed by atoms with van der Waals surface area (Å²) in [6.45, 7) is 8.47. The van der Waals surface area contributed by atoms with Gasteiger partial charge in [-0.3, -0.25) is 4.98 Å². The minimum Gasteiger partial charge on any atom is -0.351 e. The van der Waals surface area contributed by atoms with Crippen molar-refractivity contribution in [1.29, 1.82) is 0 Å². The van der Waals surface area contributed by atoms with Crippen LogP contribution in [0.5, 0.6) is 0 Å². The van der Waals surface area contributed by atoms with Crippen molar-refractivity contribution in [2.24, 2.45) is 0 Å². The van der Waals surface area contributed by atoms with Gasteiger partial charge >= 0.3 is 0 Å². The second kappa shape index (κ2) is 9.41. The number of aromatic nitrogens is 2. The number of hydrogen-bond donors (Lipinski definition) is 1. The lowest BCUT2D eigenvalue weighted by Crippen LogP contribution is -2.29. The Bertz CT molecular complexity index is 1430. The summed E-state index contributed by atoms with van der Waals surface area (Å²) in [4.78, 5) is 6.92. The summed E-state index contributed by atoms with van der Waals surface area (Å²) < 4.78 is 3.37. The van der Waals surface area contributed by atoms with Crippen molar-refractivity contribution in [2.45, 2.75) is 39.8 Å². The summed E-state index contributed by atoms with van der Waals surface area (Å²) in [6, 6.07) is 20.5. The maximum Gasteiger partial charge on any atom is 0.174 e. The predicted octanol–water partition coefficient (Wildman–Crippen LogP) is 7.70. The zero-order chi connectivity index (χ0) is 24.9. The topological polar surface area (TPSA) is 33.1 Å². The molecule has 5 rings (SSSR count). The van der Waals surface area contributed by atoms with Crippen LogP contribution >= 0.6 is 39.7 Å². The Morgan fingerprint density at radius 2 is 1.80 bits per heavy atom. The van der Waals surface area contributed by atoms with Crippen LogP contribution in [0.15, 0.2) is 71.3 Å². The molecule has 1 N–H and O–H groups in total. The molecule has 2 aromatic heterocycles. The maximum atomic E-state index is 6.49. The summed E-state index contributed by atoms with van der Waals surface area (Å²) in [5.41, 5.74) is 8.82. The second-order valence-electron chi connectivity index (χ2n) is 8.98. The standard InChI is InChI=1S/C28H26BrClN4S/c1-16-14-20(11-12-22(16)29)34-27(26(32-28(34)35)24-9-5-6-13-31-24)21-15-17(2)33(19(21)4)25-10-7-8-23(30)18(25)3/h5-15,26-27H,1-4H3,(H,32,35). The minimum absolute atomic E-state index is 0.0718. The molecule has 1 fully saturated rings. The lowest BCUT2D eigenvalue weighted by atomic mass is 9.96. The van der Waals surface area contributed by atoms with Crippen molar-refractivity contribution in [2.75, 3.05) is 4.90 Å². The van der Waals surface area contributed by atoms with Crippen molar-refractivity contribution in [3.8, 4) is 5.69 Å². The average Bonchev–Trinajstić information content (AvgIpc) is 3.33. The Morgan fingerprint density at radius 3 is 2.51 bits per heavy atom. The predicted molar refractivity (Wildman–Crippen MR) is 152 cm³/mol. The van der Waals surface area contributed by atoms with Gasteiger partial charge in [0.25, 0.3) is 0 Å². The Kier molecular flexibility index (Phi) is 6.47. The van der Waals surface area contributed by atoms with E-state index < -0.39 is 0 Å². The molecule has 1 aliphatic rings. The van der Waals surface area contributed by atoms with Gasteiger partial charge in [0.15, 0.2) is 5.11 Å². The van der Waals surface area contributed by atoms with Crippen LogP contribution in [0.3, 0.4) is 0 Å². The van der Waals surface area contributed by atoms with Crippen LogP contribution in [0.4, 0.5) is 5.69 Å². The van der Waals surface area contributed by atoms with Crippen LogP contribution in [-0.4, -0.2) is 14.7 Å². The number of benzene rings is 2. The van der Waals surface area contributed by atoms with Crippen molar-refractivity contribution in [3.05, 3.63) is 110 Å². The van der Waals surface area contributed by atoms with E-state index in [0.717, 1.165) is 49.1 Å². The molecule has 3 heterocycles. The summed E-state index contributed by atoms with van der Waals surface area (Å²) >= 11 is 16.0. The highest BCUT2D eigenvalue weighted by Gasteiger charge is 2.42. The van der Waals surface area contributed by atoms with Gasteiger partial charge in [0.2, 0.25) is 0 Å². The van der Waals surface area contributed by atoms with E-state index in [9.17, 15) is 0 Å². The fourth-order valence-electron chi connectivity index (χ4n) is 5.02. The normalized spacial score (nSPS) is 17.7. The zero-order valence-electron chi connectivity index (χ0n) is 20.0. The van der Waals surface area contributed by atoms with Gasteiger partial charge in [-0.15, -0.1) is 0 Å². The van der Waals surface area contributed by atoms with Gasteiger partial charge in [0, 0.05) is 38.5 Å². The minimum atomic E-state index is -0.0953. The quantitative estimate of drug-likeness (QED) is 0.257. The molecular formula is C28H26BrClN4S. The van der Waals surface area contributed by atoms with Gasteiger partial charge < -0.3 is 14.8 Å². The third kappa shape index (κ3) is 4.18. The Balaban J connectivity index is 1.71. The Morgan fingerprint density at radius 1 is 1.00 bits per heavy atom. The number of halogens is 2. The average molecular weight is 566 g/mol. The van der Waals surface area contributed by atoms with E-state index in [1.165, 1.54) is 5.56 Å². The van der Waals surface area contributed by atoms with Crippen LogP contribution in [0, 0.1) is 27.7 Å². The first-order valence-electron chi connectivity index (χ1n) is 11.5. The molecule has 4 nitrogen and oxygen atoms in total. The molecule has 1 aliphatic heterocycles. The number of anilines is 1. The van der Waals surface area contributed by atoms with Crippen molar-refractivity contribution in [3.63, 3.8) is 0 Å². The highest BCUT2D eigenvalue weighted by molar-refractivity contribution is 9.10. The van der Waals surface area contributed by atoms with Crippen LogP contribution in [0.25, 0.3) is 5.69 Å². The number of pyridine rings is 1. The Labute approximate surface area is 225 Å². The van der Waals surface area contributed by atoms with Gasteiger partial charge in [-0.05, 0) is 105 Å². The molecule has 2 aromatic carbocycles. The SMILES string of the molecule is Cc1cc(N2C(=S)NC(c3ccccn3)C2c2cc(C)n(-c3cccc(Cl)c3C)c2C)ccc1Br. The van der Waals surface area contributed by atoms with E-state index in [1.54, 1.807) is 0 Å². The molecule has 1 saturated heterocycles. The number of aryl methyl sites for hydroxylation is 2. The molecule has 0 aliphatic carbocycles. The lowest BCUT2D eigenvalue weighted by Gasteiger charge is -2.28. The number of thiocarbonyl (C=S) groups is 1. The summed E-state index contributed by atoms with van der Waals surface area (Å²) in [6.07, 6.45) is 1.84. The zero-order valence-corrected chi connectivity index (χ0v) is 23.2. The van der Waals surface area contributed by atoms with Gasteiger partial charge in [-0.2, -0.15) is 0 Å². The van der Waals surface area contributed by atoms with Crippen LogP contribution in [0.2, 0.25) is 5.02 Å². The number of rotatable bonds is 4. The molecule has 0 saturated carbocycles. The van der Waals surface area contributed by atoms with Crippen LogP contribution < -0.4 is 10.2 Å². The molecule has 7 heteroatoms. The molecule has 2 unspecified atom stereocenters. The fraction of sp³-hybridized carbons (Fsp3) is 0.214. The van der Waals surface area contributed by atoms with Crippen molar-refractivity contribution >= 4 is 50.5 Å². The van der Waals surface area contributed by atoms with E-state index in [4.69, 9.17) is 28.8 Å². The molecule has 0 amide bonds. The second-order valence-corrected chi connectivity index (χ2v) is 10.6. The third-order valence-electron chi connectivity index (χ3n) is 6.79. The van der Waals surface area contributed by atoms with Gasteiger partial charge in [0.1, 0.15) is 0 Å². The summed E-state index contributed by atoms with van der Waals surface area (Å²) in [5, 5.41) is 5.02. The highest BCUT2D eigenvalue weighted by atomic mass is 79.9.